The maximum absolute atomic E-state index is 12.3. The number of nitrogens with zero attached hydrogens (tertiary/aromatic N) is 1. The summed E-state index contributed by atoms with van der Waals surface area (Å²) in [5.41, 5.74) is 6.47. The van der Waals surface area contributed by atoms with Crippen LogP contribution in [0.3, 0.4) is 0 Å². The summed E-state index contributed by atoms with van der Waals surface area (Å²) < 4.78 is 0. The Kier molecular flexibility index (Phi) is 5.23. The lowest BCUT2D eigenvalue weighted by atomic mass is 10.1. The Labute approximate surface area is 138 Å². The van der Waals surface area contributed by atoms with Crippen LogP contribution >= 0.6 is 11.8 Å². The van der Waals surface area contributed by atoms with Crippen molar-refractivity contribution in [3.05, 3.63) is 63.7 Å². The molecule has 1 atom stereocenters. The van der Waals surface area contributed by atoms with Gasteiger partial charge < -0.3 is 11.1 Å². The number of amides is 1. The molecule has 0 fully saturated rings. The summed E-state index contributed by atoms with van der Waals surface area (Å²) in [4.78, 5) is 23.7. The third-order valence-corrected chi connectivity index (χ3v) is 4.20. The molecule has 120 valence electrons. The van der Waals surface area contributed by atoms with Crippen molar-refractivity contribution in [3.63, 3.8) is 0 Å². The molecule has 0 aliphatic rings. The highest BCUT2D eigenvalue weighted by Gasteiger charge is 2.17. The van der Waals surface area contributed by atoms with E-state index in [1.54, 1.807) is 11.8 Å². The fraction of sp³-hybridized carbons (Fsp3) is 0.188. The van der Waals surface area contributed by atoms with Crippen LogP contribution < -0.4 is 11.1 Å². The molecule has 6 nitrogen and oxygen atoms in total. The Bertz CT molecular complexity index is 732. The number of nitrogens with two attached hydrogens (primary N) is 1. The molecular formula is C16H17N3O3S. The van der Waals surface area contributed by atoms with Crippen LogP contribution in [0.4, 0.5) is 11.4 Å². The van der Waals surface area contributed by atoms with Crippen LogP contribution in [0.1, 0.15) is 28.9 Å². The van der Waals surface area contributed by atoms with Gasteiger partial charge in [-0.05, 0) is 43.0 Å². The molecule has 0 heterocycles. The van der Waals surface area contributed by atoms with E-state index in [-0.39, 0.29) is 28.9 Å². The predicted octanol–water partition coefficient (Wildman–Crippen LogP) is 3.39. The number of benzene rings is 2. The molecule has 0 saturated heterocycles. The molecule has 3 N–H and O–H groups in total. The molecule has 0 aromatic heterocycles. The molecule has 0 aliphatic heterocycles. The lowest BCUT2D eigenvalue weighted by molar-refractivity contribution is -0.383. The van der Waals surface area contributed by atoms with Crippen molar-refractivity contribution in [1.29, 1.82) is 0 Å². The van der Waals surface area contributed by atoms with Crippen LogP contribution in [0.15, 0.2) is 47.4 Å². The molecule has 0 aliphatic carbocycles. The largest absolute Gasteiger partial charge is 0.393 e. The molecular weight excluding hydrogens is 314 g/mol. The van der Waals surface area contributed by atoms with E-state index in [1.165, 1.54) is 18.2 Å². The predicted molar refractivity (Wildman–Crippen MR) is 91.6 cm³/mol. The van der Waals surface area contributed by atoms with Gasteiger partial charge in [-0.15, -0.1) is 11.8 Å². The number of anilines is 1. The molecule has 0 spiro atoms. The summed E-state index contributed by atoms with van der Waals surface area (Å²) in [7, 11) is 0. The van der Waals surface area contributed by atoms with E-state index in [0.29, 0.717) is 0 Å². The summed E-state index contributed by atoms with van der Waals surface area (Å²) in [6.07, 6.45) is 1.99. The van der Waals surface area contributed by atoms with E-state index in [1.807, 2.05) is 37.4 Å². The third kappa shape index (κ3) is 4.01. The molecule has 2 rings (SSSR count). The Balaban J connectivity index is 2.14. The lowest BCUT2D eigenvalue weighted by Crippen LogP contribution is -2.26. The lowest BCUT2D eigenvalue weighted by Gasteiger charge is -2.15. The molecule has 2 aromatic carbocycles. The van der Waals surface area contributed by atoms with Crippen molar-refractivity contribution in [2.24, 2.45) is 0 Å². The van der Waals surface area contributed by atoms with Crippen LogP contribution in [0.25, 0.3) is 0 Å². The van der Waals surface area contributed by atoms with Gasteiger partial charge in [-0.3, -0.25) is 14.9 Å². The molecule has 1 unspecified atom stereocenters. The molecule has 2 aromatic rings. The quantitative estimate of drug-likeness (QED) is 0.379. The summed E-state index contributed by atoms with van der Waals surface area (Å²) in [6, 6.07) is 11.7. The standard InChI is InChI=1S/C16H17N3O3S/c1-10(11-3-6-13(23-2)7-4-11)18-16(20)12-5-8-14(17)15(9-12)19(21)22/h3-10H,17H2,1-2H3,(H,18,20). The van der Waals surface area contributed by atoms with Crippen molar-refractivity contribution < 1.29 is 9.72 Å². The number of carbonyl (C=O) groups excluding carboxylic acids is 1. The number of hydrogen-bond acceptors (Lipinski definition) is 5. The number of nitrogens with one attached hydrogen (secondary N) is 1. The SMILES string of the molecule is CSc1ccc(C(C)NC(=O)c2ccc(N)c([N+](=O)[O-])c2)cc1. The molecule has 0 radical (unpaired) electrons. The summed E-state index contributed by atoms with van der Waals surface area (Å²) in [6.45, 7) is 1.86. The number of nitro benzene ring substituents is 1. The van der Waals surface area contributed by atoms with E-state index in [2.05, 4.69) is 5.32 Å². The second-order valence-corrected chi connectivity index (χ2v) is 5.88. The number of rotatable bonds is 5. The first-order valence-electron chi connectivity index (χ1n) is 6.91. The average Bonchev–Trinajstić information content (AvgIpc) is 2.54. The number of thioether (sulfide) groups is 1. The minimum absolute atomic E-state index is 0.0345. The zero-order valence-electron chi connectivity index (χ0n) is 12.8. The highest BCUT2D eigenvalue weighted by Crippen LogP contribution is 2.23. The van der Waals surface area contributed by atoms with Gasteiger partial charge in [-0.1, -0.05) is 12.1 Å². The first-order chi connectivity index (χ1) is 10.9. The van der Waals surface area contributed by atoms with Gasteiger partial charge in [0.2, 0.25) is 0 Å². The first kappa shape index (κ1) is 16.8. The smallest absolute Gasteiger partial charge is 0.292 e. The number of hydrogen-bond donors (Lipinski definition) is 2. The van der Waals surface area contributed by atoms with Crippen molar-refractivity contribution >= 4 is 29.0 Å². The highest BCUT2D eigenvalue weighted by atomic mass is 32.2. The fourth-order valence-electron chi connectivity index (χ4n) is 2.10. The van der Waals surface area contributed by atoms with Gasteiger partial charge in [0.15, 0.2) is 0 Å². The normalized spacial score (nSPS) is 11.7. The molecule has 23 heavy (non-hydrogen) atoms. The van der Waals surface area contributed by atoms with Crippen molar-refractivity contribution in [2.75, 3.05) is 12.0 Å². The van der Waals surface area contributed by atoms with Crippen molar-refractivity contribution in [1.82, 2.24) is 5.32 Å². The van der Waals surface area contributed by atoms with Gasteiger partial charge in [0.1, 0.15) is 5.69 Å². The third-order valence-electron chi connectivity index (χ3n) is 3.45. The van der Waals surface area contributed by atoms with E-state index in [4.69, 9.17) is 5.73 Å². The minimum atomic E-state index is -0.601. The van der Waals surface area contributed by atoms with Gasteiger partial charge >= 0.3 is 0 Å². The zero-order chi connectivity index (χ0) is 17.0. The van der Waals surface area contributed by atoms with Crippen LogP contribution in [0.5, 0.6) is 0 Å². The maximum atomic E-state index is 12.3. The number of carbonyl (C=O) groups is 1. The Hall–Kier alpha value is -2.54. The van der Waals surface area contributed by atoms with Crippen molar-refractivity contribution in [3.8, 4) is 0 Å². The second kappa shape index (κ2) is 7.15. The van der Waals surface area contributed by atoms with Crippen LogP contribution in [-0.4, -0.2) is 17.1 Å². The summed E-state index contributed by atoms with van der Waals surface area (Å²) in [5, 5.41) is 13.7. The maximum Gasteiger partial charge on any atom is 0.292 e. The second-order valence-electron chi connectivity index (χ2n) is 5.00. The topological polar surface area (TPSA) is 98.3 Å². The molecule has 0 bridgehead atoms. The van der Waals surface area contributed by atoms with Gasteiger partial charge in [-0.2, -0.15) is 0 Å². The van der Waals surface area contributed by atoms with E-state index in [0.717, 1.165) is 10.5 Å². The van der Waals surface area contributed by atoms with Crippen LogP contribution in [0.2, 0.25) is 0 Å². The average molecular weight is 331 g/mol. The fourth-order valence-corrected chi connectivity index (χ4v) is 2.51. The van der Waals surface area contributed by atoms with E-state index >= 15 is 0 Å². The minimum Gasteiger partial charge on any atom is -0.393 e. The number of nitro groups is 1. The van der Waals surface area contributed by atoms with Gasteiger partial charge in [0, 0.05) is 16.5 Å². The van der Waals surface area contributed by atoms with E-state index < -0.39 is 4.92 Å². The molecule has 7 heteroatoms. The molecule has 1 amide bonds. The van der Waals surface area contributed by atoms with Gasteiger partial charge in [0.25, 0.3) is 11.6 Å². The monoisotopic (exact) mass is 331 g/mol. The molecule has 0 saturated carbocycles. The van der Waals surface area contributed by atoms with Crippen LogP contribution in [-0.2, 0) is 0 Å². The van der Waals surface area contributed by atoms with E-state index in [9.17, 15) is 14.9 Å². The Morgan fingerprint density at radius 2 is 1.91 bits per heavy atom. The number of nitrogen functional groups attached to an aromatic ring is 1. The zero-order valence-corrected chi connectivity index (χ0v) is 13.6. The highest BCUT2D eigenvalue weighted by molar-refractivity contribution is 7.98. The Morgan fingerprint density at radius 1 is 1.26 bits per heavy atom. The van der Waals surface area contributed by atoms with Gasteiger partial charge in [-0.25, -0.2) is 0 Å². The first-order valence-corrected chi connectivity index (χ1v) is 8.13. The Morgan fingerprint density at radius 3 is 2.48 bits per heavy atom. The summed E-state index contributed by atoms with van der Waals surface area (Å²) in [5.74, 6) is -0.380. The van der Waals surface area contributed by atoms with Gasteiger partial charge in [0.05, 0.1) is 11.0 Å². The van der Waals surface area contributed by atoms with Crippen molar-refractivity contribution in [2.45, 2.75) is 17.9 Å². The van der Waals surface area contributed by atoms with Crippen LogP contribution in [0, 0.1) is 10.1 Å². The summed E-state index contributed by atoms with van der Waals surface area (Å²) >= 11 is 1.64.